The van der Waals surface area contributed by atoms with Crippen LogP contribution in [-0.4, -0.2) is 79.1 Å². The van der Waals surface area contributed by atoms with Crippen molar-refractivity contribution in [2.75, 3.05) is 59.4 Å². The molecule has 2 aromatic carbocycles. The molecule has 7 N–H and O–H groups in total. The van der Waals surface area contributed by atoms with E-state index in [4.69, 9.17) is 0 Å². The number of hydrogen-bond acceptors (Lipinski definition) is 5. The average Bonchev–Trinajstić information content (AvgIpc) is 3.17. The number of para-hydroxylation sites is 1. The Bertz CT molecular complexity index is 915. The van der Waals surface area contributed by atoms with Gasteiger partial charge in [0.25, 0.3) is 0 Å². The molecule has 0 bridgehead atoms. The first-order valence-electron chi connectivity index (χ1n) is 11.5. The quantitative estimate of drug-likeness (QED) is 0.408. The second-order valence-electron chi connectivity index (χ2n) is 8.57. The molecule has 0 aliphatic carbocycles. The van der Waals surface area contributed by atoms with E-state index in [9.17, 15) is 0 Å². The number of fused-ring (bicyclic) bond motifs is 1. The summed E-state index contributed by atoms with van der Waals surface area (Å²) in [5.41, 5.74) is 5.27. The van der Waals surface area contributed by atoms with E-state index in [-0.39, 0.29) is 19.7 Å². The predicted octanol–water partition coefficient (Wildman–Crippen LogP) is 5.30. The lowest BCUT2D eigenvalue weighted by Crippen LogP contribution is -2.47. The van der Waals surface area contributed by atoms with Crippen molar-refractivity contribution in [3.05, 3.63) is 60.2 Å². The molecule has 0 amide bonds. The second kappa shape index (κ2) is 14.1. The Hall–Kier alpha value is -2.22. The number of H-pyrrole nitrogens is 1. The maximum atomic E-state index is 3.68. The maximum absolute atomic E-state index is 3.68. The summed E-state index contributed by atoms with van der Waals surface area (Å²) in [6.45, 7) is 11.7. The number of piperazine rings is 1. The van der Waals surface area contributed by atoms with Crippen LogP contribution in [0.2, 0.25) is 0 Å². The lowest BCUT2D eigenvalue weighted by atomic mass is 10.0. The third-order valence-corrected chi connectivity index (χ3v) is 6.57. The summed E-state index contributed by atoms with van der Waals surface area (Å²) in [4.78, 5) is 11.4. The van der Waals surface area contributed by atoms with Crippen LogP contribution in [0.25, 0.3) is 22.2 Å². The maximum Gasteiger partial charge on any atom is 0.0497 e. The molecule has 1 fully saturated rings. The van der Waals surface area contributed by atoms with Gasteiger partial charge in [-0.15, -0.1) is 0 Å². The van der Waals surface area contributed by atoms with Crippen LogP contribution in [0.1, 0.15) is 26.3 Å². The molecule has 2 heterocycles. The van der Waals surface area contributed by atoms with Crippen LogP contribution in [0.3, 0.4) is 0 Å². The molecule has 0 unspecified atom stereocenters. The van der Waals surface area contributed by atoms with Crippen molar-refractivity contribution < 1.29 is 0 Å². The molecule has 33 heavy (non-hydrogen) atoms. The molecule has 3 aromatic rings. The molecule has 6 heteroatoms. The predicted molar refractivity (Wildman–Crippen MR) is 145 cm³/mol. The molecule has 1 aromatic heterocycles. The van der Waals surface area contributed by atoms with Gasteiger partial charge in [-0.3, -0.25) is 0 Å². The zero-order valence-corrected chi connectivity index (χ0v) is 20.0. The minimum absolute atomic E-state index is 0. The van der Waals surface area contributed by atoms with E-state index >= 15 is 0 Å². The molecule has 0 radical (unpaired) electrons. The molecular formula is C27H46N6. The van der Waals surface area contributed by atoms with E-state index in [2.05, 4.69) is 88.3 Å². The number of aromatic amines is 1. The van der Waals surface area contributed by atoms with Gasteiger partial charge in [0.2, 0.25) is 0 Å². The van der Waals surface area contributed by atoms with E-state index in [0.29, 0.717) is 0 Å². The van der Waals surface area contributed by atoms with E-state index in [1.807, 2.05) is 0 Å². The van der Waals surface area contributed by atoms with Crippen LogP contribution >= 0.6 is 0 Å². The summed E-state index contributed by atoms with van der Waals surface area (Å²) < 4.78 is 0. The van der Waals surface area contributed by atoms with Crippen molar-refractivity contribution in [1.29, 1.82) is 0 Å². The molecule has 1 aliphatic heterocycles. The third-order valence-electron chi connectivity index (χ3n) is 6.57. The fraction of sp³-hybridized carbons (Fsp3) is 0.481. The SMILES string of the molecule is C.CCN(C)CCCN1CCN(CCc2c(-c3ccccc3)[nH]c3ccccc23)CC1.N.N. The van der Waals surface area contributed by atoms with Crippen molar-refractivity contribution >= 4 is 10.9 Å². The summed E-state index contributed by atoms with van der Waals surface area (Å²) in [5.74, 6) is 0. The van der Waals surface area contributed by atoms with E-state index < -0.39 is 0 Å². The summed E-state index contributed by atoms with van der Waals surface area (Å²) in [6, 6.07) is 19.5. The molecule has 4 rings (SSSR count). The van der Waals surface area contributed by atoms with Gasteiger partial charge in [-0.1, -0.05) is 62.9 Å². The number of hydrogen-bond donors (Lipinski definition) is 3. The summed E-state index contributed by atoms with van der Waals surface area (Å²) in [7, 11) is 2.21. The molecule has 6 nitrogen and oxygen atoms in total. The first-order valence-corrected chi connectivity index (χ1v) is 11.5. The summed E-state index contributed by atoms with van der Waals surface area (Å²) in [6.07, 6.45) is 2.37. The van der Waals surface area contributed by atoms with Gasteiger partial charge in [-0.05, 0) is 56.7 Å². The van der Waals surface area contributed by atoms with E-state index in [1.54, 1.807) is 0 Å². The van der Waals surface area contributed by atoms with Crippen molar-refractivity contribution in [3.8, 4) is 11.3 Å². The zero-order valence-electron chi connectivity index (χ0n) is 20.0. The van der Waals surface area contributed by atoms with Crippen LogP contribution in [-0.2, 0) is 6.42 Å². The monoisotopic (exact) mass is 454 g/mol. The molecular weight excluding hydrogens is 408 g/mol. The Balaban J connectivity index is 0.00000181. The Morgan fingerprint density at radius 3 is 2.12 bits per heavy atom. The van der Waals surface area contributed by atoms with Gasteiger partial charge < -0.3 is 32.0 Å². The zero-order chi connectivity index (χ0) is 20.8. The van der Waals surface area contributed by atoms with Gasteiger partial charge in [0.15, 0.2) is 0 Å². The number of aromatic nitrogens is 1. The van der Waals surface area contributed by atoms with Crippen molar-refractivity contribution in [2.45, 2.75) is 27.2 Å². The third kappa shape index (κ3) is 7.39. The molecule has 0 atom stereocenters. The molecule has 0 spiro atoms. The highest BCUT2D eigenvalue weighted by Crippen LogP contribution is 2.30. The first-order chi connectivity index (χ1) is 14.7. The van der Waals surface area contributed by atoms with Gasteiger partial charge in [-0.2, -0.15) is 0 Å². The Morgan fingerprint density at radius 1 is 0.848 bits per heavy atom. The molecule has 1 aliphatic rings. The molecule has 184 valence electrons. The van der Waals surface area contributed by atoms with E-state index in [0.717, 1.165) is 19.5 Å². The fourth-order valence-electron chi connectivity index (χ4n) is 4.54. The van der Waals surface area contributed by atoms with Crippen LogP contribution < -0.4 is 12.3 Å². The van der Waals surface area contributed by atoms with Gasteiger partial charge in [0.1, 0.15) is 0 Å². The Kier molecular flexibility index (Phi) is 12.3. The normalized spacial score (nSPS) is 14.5. The average molecular weight is 455 g/mol. The van der Waals surface area contributed by atoms with Crippen LogP contribution in [0.15, 0.2) is 54.6 Å². The smallest absolute Gasteiger partial charge is 0.0497 e. The van der Waals surface area contributed by atoms with E-state index in [1.165, 1.54) is 73.4 Å². The minimum Gasteiger partial charge on any atom is -0.354 e. The van der Waals surface area contributed by atoms with Gasteiger partial charge in [0, 0.05) is 49.3 Å². The minimum atomic E-state index is 0. The molecule has 1 saturated heterocycles. The van der Waals surface area contributed by atoms with Crippen molar-refractivity contribution in [3.63, 3.8) is 0 Å². The largest absolute Gasteiger partial charge is 0.354 e. The number of rotatable bonds is 9. The number of benzene rings is 2. The van der Waals surface area contributed by atoms with Crippen molar-refractivity contribution in [1.82, 2.24) is 32.0 Å². The summed E-state index contributed by atoms with van der Waals surface area (Å²) >= 11 is 0. The Labute approximate surface area is 201 Å². The number of nitrogens with one attached hydrogen (secondary N) is 1. The molecule has 0 saturated carbocycles. The van der Waals surface area contributed by atoms with Crippen LogP contribution in [0.5, 0.6) is 0 Å². The lowest BCUT2D eigenvalue weighted by molar-refractivity contribution is 0.129. The fourth-order valence-corrected chi connectivity index (χ4v) is 4.54. The second-order valence-corrected chi connectivity index (χ2v) is 8.57. The van der Waals surface area contributed by atoms with Crippen molar-refractivity contribution in [2.24, 2.45) is 0 Å². The standard InChI is InChI=1S/C26H36N4.CH4.2H3N/c1-3-28(2)15-9-16-29-18-20-30(21-19-29)17-14-24-23-12-7-8-13-25(23)27-26(24)22-10-5-4-6-11-22;;;/h4-8,10-13,27H,3,9,14-21H2,1-2H3;1H4;2*1H3. The van der Waals surface area contributed by atoms with Gasteiger partial charge >= 0.3 is 0 Å². The number of nitrogens with zero attached hydrogens (tertiary/aromatic N) is 3. The Morgan fingerprint density at radius 2 is 1.45 bits per heavy atom. The van der Waals surface area contributed by atoms with Crippen LogP contribution in [0.4, 0.5) is 0 Å². The van der Waals surface area contributed by atoms with Crippen LogP contribution in [0, 0.1) is 0 Å². The lowest BCUT2D eigenvalue weighted by Gasteiger charge is -2.35. The van der Waals surface area contributed by atoms with Gasteiger partial charge in [-0.25, -0.2) is 0 Å². The topological polar surface area (TPSA) is 95.5 Å². The first kappa shape index (κ1) is 28.8. The highest BCUT2D eigenvalue weighted by Gasteiger charge is 2.18. The van der Waals surface area contributed by atoms with Gasteiger partial charge in [0.05, 0.1) is 0 Å². The highest BCUT2D eigenvalue weighted by molar-refractivity contribution is 5.90. The summed E-state index contributed by atoms with van der Waals surface area (Å²) in [5, 5.41) is 1.37. The highest BCUT2D eigenvalue weighted by atomic mass is 15.3.